The molecule has 2 aliphatic heterocycles. The molecule has 0 radical (unpaired) electrons. The standard InChI is InChI=1S/C20H34O6/c1-5-7-15(23-13-21-3)17-9-11-19(25-17)20-12-10-18(26-20)16(8-6-2)24-14-22-4/h5-8,15-20H,9-14H2,1-4H3/b7-5+,8-6+/t15-,16-,17+,18+,19+,20+/m1/s1. The number of hydrogen-bond acceptors (Lipinski definition) is 6. The van der Waals surface area contributed by atoms with E-state index >= 15 is 0 Å². The second-order valence-corrected chi connectivity index (χ2v) is 6.71. The molecule has 2 heterocycles. The highest BCUT2D eigenvalue weighted by atomic mass is 16.7. The number of allylic oxidation sites excluding steroid dienone is 2. The third-order valence-electron chi connectivity index (χ3n) is 4.84. The van der Waals surface area contributed by atoms with E-state index in [0.717, 1.165) is 25.7 Å². The molecule has 2 rings (SSSR count). The van der Waals surface area contributed by atoms with Crippen LogP contribution in [0.3, 0.4) is 0 Å². The lowest BCUT2D eigenvalue weighted by atomic mass is 10.0. The van der Waals surface area contributed by atoms with Crippen LogP contribution in [0.25, 0.3) is 0 Å². The van der Waals surface area contributed by atoms with Gasteiger partial charge in [0.15, 0.2) is 0 Å². The van der Waals surface area contributed by atoms with Gasteiger partial charge >= 0.3 is 0 Å². The van der Waals surface area contributed by atoms with Crippen LogP contribution in [0.4, 0.5) is 0 Å². The van der Waals surface area contributed by atoms with E-state index in [4.69, 9.17) is 28.4 Å². The van der Waals surface area contributed by atoms with Crippen molar-refractivity contribution in [1.82, 2.24) is 0 Å². The summed E-state index contributed by atoms with van der Waals surface area (Å²) in [6.07, 6.45) is 12.1. The van der Waals surface area contributed by atoms with E-state index in [-0.39, 0.29) is 50.2 Å². The zero-order chi connectivity index (χ0) is 18.8. The van der Waals surface area contributed by atoms with Crippen molar-refractivity contribution in [1.29, 1.82) is 0 Å². The summed E-state index contributed by atoms with van der Waals surface area (Å²) in [5.41, 5.74) is 0. The third kappa shape index (κ3) is 6.15. The normalized spacial score (nSPS) is 32.0. The molecular weight excluding hydrogens is 336 g/mol. The fourth-order valence-corrected chi connectivity index (χ4v) is 3.65. The van der Waals surface area contributed by atoms with E-state index < -0.39 is 0 Å². The van der Waals surface area contributed by atoms with E-state index in [1.807, 2.05) is 38.2 Å². The Labute approximate surface area is 157 Å². The largest absolute Gasteiger partial charge is 0.369 e. The minimum absolute atomic E-state index is 0.0464. The van der Waals surface area contributed by atoms with Crippen LogP contribution in [0.5, 0.6) is 0 Å². The molecule has 0 N–H and O–H groups in total. The van der Waals surface area contributed by atoms with Gasteiger partial charge in [-0.15, -0.1) is 0 Å². The topological polar surface area (TPSA) is 55.4 Å². The molecule has 26 heavy (non-hydrogen) atoms. The lowest BCUT2D eigenvalue weighted by Gasteiger charge is -2.25. The lowest BCUT2D eigenvalue weighted by molar-refractivity contribution is -0.141. The molecule has 6 atom stereocenters. The average Bonchev–Trinajstić information content (AvgIpc) is 3.31. The Hall–Kier alpha value is -0.760. The second kappa shape index (κ2) is 11.8. The van der Waals surface area contributed by atoms with Gasteiger partial charge in [-0.05, 0) is 39.5 Å². The SMILES string of the molecule is C/C=C/[C@@H](OCOC)[C@@H]1CC[C@@H]([C@@H]2CC[C@@H]([C@@H](/C=C/C)OCOC)O2)O1. The summed E-state index contributed by atoms with van der Waals surface area (Å²) in [6, 6.07) is 0. The van der Waals surface area contributed by atoms with Crippen molar-refractivity contribution >= 4 is 0 Å². The van der Waals surface area contributed by atoms with Crippen LogP contribution in [0.15, 0.2) is 24.3 Å². The summed E-state index contributed by atoms with van der Waals surface area (Å²) in [5, 5.41) is 0. The maximum absolute atomic E-state index is 6.29. The van der Waals surface area contributed by atoms with Crippen LogP contribution < -0.4 is 0 Å². The van der Waals surface area contributed by atoms with Gasteiger partial charge in [-0.3, -0.25) is 0 Å². The van der Waals surface area contributed by atoms with Gasteiger partial charge in [-0.25, -0.2) is 0 Å². The first-order valence-corrected chi connectivity index (χ1v) is 9.51. The van der Waals surface area contributed by atoms with Gasteiger partial charge in [0.1, 0.15) is 25.8 Å². The quantitative estimate of drug-likeness (QED) is 0.411. The highest BCUT2D eigenvalue weighted by Crippen LogP contribution is 2.34. The lowest BCUT2D eigenvalue weighted by Crippen LogP contribution is -2.34. The number of hydrogen-bond donors (Lipinski definition) is 0. The Bertz CT molecular complexity index is 398. The first-order valence-electron chi connectivity index (χ1n) is 9.51. The van der Waals surface area contributed by atoms with Crippen molar-refractivity contribution in [2.45, 2.75) is 76.2 Å². The van der Waals surface area contributed by atoms with Crippen molar-refractivity contribution in [3.63, 3.8) is 0 Å². The molecule has 0 aromatic carbocycles. The van der Waals surface area contributed by atoms with E-state index in [1.165, 1.54) is 0 Å². The van der Waals surface area contributed by atoms with E-state index in [9.17, 15) is 0 Å². The highest BCUT2D eigenvalue weighted by Gasteiger charge is 2.41. The molecule has 0 spiro atoms. The molecule has 2 aliphatic rings. The molecule has 6 heteroatoms. The van der Waals surface area contributed by atoms with Crippen molar-refractivity contribution < 1.29 is 28.4 Å². The van der Waals surface area contributed by atoms with Gasteiger partial charge in [0.2, 0.25) is 0 Å². The zero-order valence-corrected chi connectivity index (χ0v) is 16.5. The van der Waals surface area contributed by atoms with Crippen LogP contribution in [-0.2, 0) is 28.4 Å². The molecule has 0 amide bonds. The molecule has 150 valence electrons. The average molecular weight is 370 g/mol. The summed E-state index contributed by atoms with van der Waals surface area (Å²) in [4.78, 5) is 0. The van der Waals surface area contributed by atoms with Gasteiger partial charge in [-0.2, -0.15) is 0 Å². The summed E-state index contributed by atoms with van der Waals surface area (Å²) in [7, 11) is 3.26. The molecule has 0 aromatic rings. The number of ether oxygens (including phenoxy) is 6. The van der Waals surface area contributed by atoms with Gasteiger partial charge < -0.3 is 28.4 Å². The maximum Gasteiger partial charge on any atom is 0.147 e. The molecule has 0 bridgehead atoms. The third-order valence-corrected chi connectivity index (χ3v) is 4.84. The minimum atomic E-state index is -0.0806. The Balaban J connectivity index is 1.86. The van der Waals surface area contributed by atoms with E-state index in [2.05, 4.69) is 0 Å². The van der Waals surface area contributed by atoms with Crippen LogP contribution in [0.1, 0.15) is 39.5 Å². The first kappa shape index (κ1) is 21.5. The van der Waals surface area contributed by atoms with E-state index in [0.29, 0.717) is 0 Å². The van der Waals surface area contributed by atoms with Crippen molar-refractivity contribution in [2.75, 3.05) is 27.8 Å². The van der Waals surface area contributed by atoms with E-state index in [1.54, 1.807) is 14.2 Å². The molecule has 2 saturated heterocycles. The van der Waals surface area contributed by atoms with Crippen molar-refractivity contribution in [2.24, 2.45) is 0 Å². The highest BCUT2D eigenvalue weighted by molar-refractivity contribution is 4.99. The monoisotopic (exact) mass is 370 g/mol. The van der Waals surface area contributed by atoms with Crippen molar-refractivity contribution in [3.05, 3.63) is 24.3 Å². The molecule has 0 aliphatic carbocycles. The Morgan fingerprint density at radius 2 is 1.19 bits per heavy atom. The van der Waals surface area contributed by atoms with Crippen LogP contribution in [0, 0.1) is 0 Å². The first-order chi connectivity index (χ1) is 12.7. The molecule has 0 unspecified atom stereocenters. The minimum Gasteiger partial charge on any atom is -0.369 e. The van der Waals surface area contributed by atoms with Crippen LogP contribution in [0.2, 0.25) is 0 Å². The summed E-state index contributed by atoms with van der Waals surface area (Å²) in [5.74, 6) is 0. The van der Waals surface area contributed by atoms with Gasteiger partial charge in [0.05, 0.1) is 24.4 Å². The predicted molar refractivity (Wildman–Crippen MR) is 98.9 cm³/mol. The van der Waals surface area contributed by atoms with Crippen LogP contribution in [-0.4, -0.2) is 64.4 Å². The molecule has 0 aromatic heterocycles. The maximum atomic E-state index is 6.29. The molecule has 2 fully saturated rings. The van der Waals surface area contributed by atoms with Gasteiger partial charge in [0.25, 0.3) is 0 Å². The Morgan fingerprint density at radius 1 is 0.769 bits per heavy atom. The second-order valence-electron chi connectivity index (χ2n) is 6.71. The fraction of sp³-hybridized carbons (Fsp3) is 0.800. The summed E-state index contributed by atoms with van der Waals surface area (Å²) < 4.78 is 34.1. The zero-order valence-electron chi connectivity index (χ0n) is 16.5. The predicted octanol–water partition coefficient (Wildman–Crippen LogP) is 3.21. The van der Waals surface area contributed by atoms with Crippen molar-refractivity contribution in [3.8, 4) is 0 Å². The summed E-state index contributed by atoms with van der Waals surface area (Å²) >= 11 is 0. The molecule has 6 nitrogen and oxygen atoms in total. The van der Waals surface area contributed by atoms with Gasteiger partial charge in [0, 0.05) is 14.2 Å². The number of rotatable bonds is 11. The smallest absolute Gasteiger partial charge is 0.147 e. The molecular formula is C20H34O6. The number of methoxy groups -OCH3 is 2. The van der Waals surface area contributed by atoms with Crippen LogP contribution >= 0.6 is 0 Å². The Morgan fingerprint density at radius 3 is 1.54 bits per heavy atom. The fourth-order valence-electron chi connectivity index (χ4n) is 3.65. The summed E-state index contributed by atoms with van der Waals surface area (Å²) in [6.45, 7) is 4.51. The molecule has 0 saturated carbocycles. The van der Waals surface area contributed by atoms with Gasteiger partial charge in [-0.1, -0.05) is 24.3 Å². The Kier molecular flexibility index (Phi) is 9.82.